The molecule has 29 unspecified atom stereocenters. The number of carbonyl (C=O) groups excluding carboxylic acids is 3. The number of aliphatic hydroxyl groups is 3. The van der Waals surface area contributed by atoms with Gasteiger partial charge < -0.3 is 43.6 Å². The molecule has 94 heavy (non-hydrogen) atoms. The van der Waals surface area contributed by atoms with Crippen molar-refractivity contribution in [3.8, 4) is 11.8 Å². The van der Waals surface area contributed by atoms with Gasteiger partial charge in [0.15, 0.2) is 17.5 Å². The van der Waals surface area contributed by atoms with Gasteiger partial charge in [-0.15, -0.1) is 0 Å². The first-order valence-corrected chi connectivity index (χ1v) is 38.0. The second kappa shape index (κ2) is 19.3. The van der Waals surface area contributed by atoms with Crippen molar-refractivity contribution in [2.75, 3.05) is 26.4 Å². The SMILES string of the molecule is CC1C2CCCC2C=CC12CCCC13OC45C(=CC21)CC1CC2(CCCC2)CC12CC1CC6(C)C7(c8ccoc8CC(C(O)CO)C8CCC9C(C=CN%10CNCC9%10)C8)CC#CC8CCC(Cc9ccccc9)CC8C8(C(O)C(=O)C3C4(COC(=O)C25)C18)C61OC1C(=O)O7. The number of furan rings is 1. The summed E-state index contributed by atoms with van der Waals surface area (Å²) in [6.07, 6.45) is 32.1. The Morgan fingerprint density at radius 2 is 1.76 bits per heavy atom. The molecule has 29 atom stereocenters. The zero-order valence-corrected chi connectivity index (χ0v) is 55.3. The smallest absolute Gasteiger partial charge is 0.339 e. The van der Waals surface area contributed by atoms with Crippen molar-refractivity contribution in [1.82, 2.24) is 10.2 Å². The van der Waals surface area contributed by atoms with E-state index in [1.54, 1.807) is 6.26 Å². The van der Waals surface area contributed by atoms with E-state index < -0.39 is 98.6 Å². The largest absolute Gasteiger partial charge is 0.469 e. The summed E-state index contributed by atoms with van der Waals surface area (Å²) >= 11 is 0. The predicted octanol–water partition coefficient (Wildman–Crippen LogP) is 11.1. The number of carbonyl (C=O) groups is 3. The van der Waals surface area contributed by atoms with Crippen LogP contribution in [-0.2, 0) is 51.8 Å². The van der Waals surface area contributed by atoms with E-state index in [-0.39, 0.29) is 77.0 Å². The van der Waals surface area contributed by atoms with E-state index in [0.29, 0.717) is 67.1 Å². The monoisotopic (exact) mass is 1270 g/mol. The summed E-state index contributed by atoms with van der Waals surface area (Å²) in [6, 6.07) is 13.3. The van der Waals surface area contributed by atoms with Crippen LogP contribution in [0.25, 0.3) is 0 Å². The Bertz CT molecular complexity index is 3750. The van der Waals surface area contributed by atoms with Gasteiger partial charge in [0.25, 0.3) is 0 Å². The van der Waals surface area contributed by atoms with Crippen molar-refractivity contribution in [2.24, 2.45) is 127 Å². The number of ketones is 1. The predicted molar refractivity (Wildman–Crippen MR) is 346 cm³/mol. The van der Waals surface area contributed by atoms with Crippen LogP contribution in [0.5, 0.6) is 0 Å². The van der Waals surface area contributed by atoms with Crippen molar-refractivity contribution in [2.45, 2.75) is 215 Å². The molecule has 4 N–H and O–H groups in total. The number of nitrogens with zero attached hydrogens (tertiary/aromatic N) is 1. The number of esters is 2. The summed E-state index contributed by atoms with van der Waals surface area (Å²) in [4.78, 5) is 53.5. The van der Waals surface area contributed by atoms with Crippen molar-refractivity contribution in [1.29, 1.82) is 0 Å². The van der Waals surface area contributed by atoms with Gasteiger partial charge >= 0.3 is 11.9 Å². The maximum absolute atomic E-state index is 18.2. The highest BCUT2D eigenvalue weighted by Gasteiger charge is 3.01. The van der Waals surface area contributed by atoms with Crippen LogP contribution in [0.15, 0.2) is 83.2 Å². The van der Waals surface area contributed by atoms with Gasteiger partial charge in [0, 0.05) is 52.7 Å². The molecule has 8 spiro atoms. The topological polar surface area (TPSA) is 181 Å². The van der Waals surface area contributed by atoms with Gasteiger partial charge in [-0.25, -0.2) is 4.79 Å². The lowest BCUT2D eigenvalue weighted by molar-refractivity contribution is -0.315. The minimum atomic E-state index is -1.57. The highest BCUT2D eigenvalue weighted by atomic mass is 16.7. The Balaban J connectivity index is 0.798. The minimum Gasteiger partial charge on any atom is -0.469 e. The van der Waals surface area contributed by atoms with Crippen LogP contribution in [0.1, 0.15) is 172 Å². The highest BCUT2D eigenvalue weighted by molar-refractivity contribution is 5.94. The number of hydrogen-bond acceptors (Lipinski definition) is 13. The van der Waals surface area contributed by atoms with Crippen molar-refractivity contribution in [3.63, 3.8) is 0 Å². The maximum Gasteiger partial charge on any atom is 0.339 e. The number of hydrogen-bond donors (Lipinski definition) is 4. The number of rotatable bonds is 8. The zero-order valence-electron chi connectivity index (χ0n) is 55.3. The van der Waals surface area contributed by atoms with E-state index in [1.165, 1.54) is 43.2 Å². The molecule has 21 rings (SSSR count). The third-order valence-corrected chi connectivity index (χ3v) is 33.8. The molecular weight excluding hydrogens is 1180 g/mol. The van der Waals surface area contributed by atoms with E-state index in [0.717, 1.165) is 109 Å². The van der Waals surface area contributed by atoms with Crippen LogP contribution >= 0.6 is 0 Å². The van der Waals surface area contributed by atoms with Gasteiger partial charge in [0.05, 0.1) is 54.9 Å². The van der Waals surface area contributed by atoms with Crippen molar-refractivity contribution >= 4 is 17.7 Å². The molecule has 7 aliphatic heterocycles. The molecule has 2 aromatic rings. The quantitative estimate of drug-likeness (QED) is 0.0849. The van der Waals surface area contributed by atoms with Crippen LogP contribution in [0.4, 0.5) is 0 Å². The summed E-state index contributed by atoms with van der Waals surface area (Å²) in [6.45, 7) is 6.34. The number of benzene rings is 1. The number of nitrogens with one attached hydrogen (secondary N) is 1. The third-order valence-electron chi connectivity index (χ3n) is 33.8. The molecule has 19 aliphatic rings. The highest BCUT2D eigenvalue weighted by Crippen LogP contribution is 2.92. The summed E-state index contributed by atoms with van der Waals surface area (Å²) in [5.74, 6) is 7.17. The van der Waals surface area contributed by atoms with Gasteiger partial charge in [-0.05, 0) is 227 Å². The number of ether oxygens (including phenoxy) is 4. The second-order valence-corrected chi connectivity index (χ2v) is 36.2. The molecule has 8 heterocycles. The number of cyclic esters (lactones) is 1. The molecule has 0 amide bonds. The first-order chi connectivity index (χ1) is 45.6. The number of epoxide rings is 1. The van der Waals surface area contributed by atoms with Crippen molar-refractivity contribution in [3.05, 3.63) is 95.6 Å². The van der Waals surface area contributed by atoms with Crippen LogP contribution in [0, 0.1) is 139 Å². The number of allylic oxidation sites excluding steroid dienone is 3. The van der Waals surface area contributed by atoms with Gasteiger partial charge in [0.1, 0.15) is 29.7 Å². The maximum atomic E-state index is 18.2. The van der Waals surface area contributed by atoms with E-state index in [4.69, 9.17) is 23.4 Å². The van der Waals surface area contributed by atoms with Crippen LogP contribution < -0.4 is 5.32 Å². The first kappa shape index (κ1) is 58.4. The summed E-state index contributed by atoms with van der Waals surface area (Å²) in [5, 5.41) is 42.3. The summed E-state index contributed by atoms with van der Waals surface area (Å²) < 4.78 is 38.5. The zero-order chi connectivity index (χ0) is 63.1. The second-order valence-electron chi connectivity index (χ2n) is 36.2. The third kappa shape index (κ3) is 6.57. The first-order valence-electron chi connectivity index (χ1n) is 38.0. The van der Waals surface area contributed by atoms with E-state index in [9.17, 15) is 10.2 Å². The lowest BCUT2D eigenvalue weighted by Gasteiger charge is -2.74. The lowest BCUT2D eigenvalue weighted by atomic mass is 9.28. The molecule has 15 fully saturated rings. The Labute approximate surface area is 554 Å². The van der Waals surface area contributed by atoms with Crippen molar-refractivity contribution < 1.29 is 53.1 Å². The molecule has 5 saturated heterocycles. The minimum absolute atomic E-state index is 0.0353. The van der Waals surface area contributed by atoms with E-state index >= 15 is 19.5 Å². The molecule has 9 bridgehead atoms. The average Bonchev–Trinajstić information content (AvgIpc) is 1.41. The van der Waals surface area contributed by atoms with E-state index in [2.05, 4.69) is 96.7 Å². The molecule has 498 valence electrons. The molecule has 1 aromatic carbocycles. The fraction of sp³-hybridized carbons (Fsp3) is 0.741. The molecule has 12 aliphatic carbocycles. The van der Waals surface area contributed by atoms with Crippen LogP contribution in [0.2, 0.25) is 0 Å². The molecular formula is C81H98N2O11. The molecule has 1 aromatic heterocycles. The number of fused-ring (bicyclic) bond motifs is 6. The average molecular weight is 1280 g/mol. The molecule has 13 heteroatoms. The van der Waals surface area contributed by atoms with Gasteiger partial charge in [-0.3, -0.25) is 14.9 Å². The normalized spacial score (nSPS) is 53.5. The Morgan fingerprint density at radius 1 is 0.883 bits per heavy atom. The Morgan fingerprint density at radius 3 is 2.62 bits per heavy atom. The summed E-state index contributed by atoms with van der Waals surface area (Å²) in [7, 11) is 0. The Hall–Kier alpha value is -4.55. The lowest BCUT2D eigenvalue weighted by Crippen LogP contribution is -2.84. The fourth-order valence-electron chi connectivity index (χ4n) is 31.2. The fourth-order valence-corrected chi connectivity index (χ4v) is 31.2. The standard InChI is InChI=1S/C81H98N2O11/c1-45-55-15-8-13-48(55)20-28-74(45)25-10-26-77-63(74)35-53-34-54-39-73(23-6-7-24-73)42-75(54)38-52-37-72(2)78(58-22-30-90-62(58)36-57(61(85)41-84)50-18-19-56-51(33-50)21-29-83-44-82-40-60(56)83)27-9-14-49-17-16-47(31-46-11-4-3-5-12-46)32-59(49)79(81(72)69(92-81)71(89)93-78)65(52)76(66(77)64(86)68(79)87)43-91-70(88)67(75)80(53,76)94-77/h3-5,11-12,20-22,28-30,35,45,47-52,54-57,59-61,63,65-69,82,84-85,87H,6-8,10,13,15-19,23-27,31-34,36-44H2,1-2H3. The van der Waals surface area contributed by atoms with E-state index in [1.807, 2.05) is 6.07 Å². The molecule has 0 radical (unpaired) electrons. The number of aliphatic hydroxyl groups excluding tert-OH is 3. The van der Waals surface area contributed by atoms with Gasteiger partial charge in [-0.1, -0.05) is 99.6 Å². The van der Waals surface area contributed by atoms with Gasteiger partial charge in [0.2, 0.25) is 0 Å². The molecule has 13 nitrogen and oxygen atoms in total. The Kier molecular flexibility index (Phi) is 12.0. The van der Waals surface area contributed by atoms with Crippen LogP contribution in [0.3, 0.4) is 0 Å². The number of Topliss-reactive ketones (excluding diaryl/α,β-unsaturated/α-hetero) is 1. The summed E-state index contributed by atoms with van der Waals surface area (Å²) in [5.41, 5.74) is -6.35. The van der Waals surface area contributed by atoms with Gasteiger partial charge in [-0.2, -0.15) is 0 Å². The van der Waals surface area contributed by atoms with Crippen LogP contribution in [-0.4, -0.2) is 106 Å². The molecule has 10 saturated carbocycles.